The van der Waals surface area contributed by atoms with Crippen LogP contribution in [0.5, 0.6) is 0 Å². The number of rotatable bonds is 3. The highest BCUT2D eigenvalue weighted by Gasteiger charge is 2.43. The first-order valence-corrected chi connectivity index (χ1v) is 10.0. The number of hydrogen-bond acceptors (Lipinski definition) is 3. The van der Waals surface area contributed by atoms with E-state index in [4.69, 9.17) is 0 Å². The first-order valence-electron chi connectivity index (χ1n) is 9.15. The van der Waals surface area contributed by atoms with Crippen LogP contribution in [-0.2, 0) is 11.0 Å². The van der Waals surface area contributed by atoms with E-state index in [2.05, 4.69) is 5.32 Å². The highest BCUT2D eigenvalue weighted by atomic mass is 32.1. The quantitative estimate of drug-likeness (QED) is 0.612. The maximum Gasteiger partial charge on any atom is 0.416 e. The minimum absolute atomic E-state index is 0.178. The smallest absolute Gasteiger partial charge is 0.333 e. The van der Waals surface area contributed by atoms with Crippen LogP contribution >= 0.6 is 11.3 Å². The fourth-order valence-corrected chi connectivity index (χ4v) is 4.64. The molecular formula is C22H17F3N2O2S. The lowest BCUT2D eigenvalue weighted by Gasteiger charge is -2.39. The standard InChI is InChI=1S/C22H17F3N2O2S/c1-27-19(17-7-4-12-30-17)18(15-5-2-3-6-16(15)21(27)29)20(28)26-14-10-8-13(9-11-14)22(23,24)25/h2-12,18-19H,1H3,(H,26,28)/t18-,19-/m1/s1. The molecule has 154 valence electrons. The summed E-state index contributed by atoms with van der Waals surface area (Å²) in [7, 11) is 1.65. The number of hydrogen-bond donors (Lipinski definition) is 1. The molecule has 0 saturated carbocycles. The van der Waals surface area contributed by atoms with Crippen LogP contribution in [0.4, 0.5) is 18.9 Å². The molecule has 8 heteroatoms. The van der Waals surface area contributed by atoms with Crippen molar-refractivity contribution >= 4 is 28.8 Å². The number of amides is 2. The van der Waals surface area contributed by atoms with E-state index < -0.39 is 23.7 Å². The number of anilines is 1. The molecule has 0 radical (unpaired) electrons. The number of alkyl halides is 3. The summed E-state index contributed by atoms with van der Waals surface area (Å²) in [5.74, 6) is -1.27. The second kappa shape index (κ2) is 7.60. The predicted octanol–water partition coefficient (Wildman–Crippen LogP) is 5.32. The molecule has 0 bridgehead atoms. The zero-order chi connectivity index (χ0) is 21.5. The Balaban J connectivity index is 1.71. The summed E-state index contributed by atoms with van der Waals surface area (Å²) >= 11 is 1.44. The van der Waals surface area contributed by atoms with Gasteiger partial charge in [-0.25, -0.2) is 0 Å². The number of nitrogens with one attached hydrogen (secondary N) is 1. The highest BCUT2D eigenvalue weighted by Crippen LogP contribution is 2.43. The summed E-state index contributed by atoms with van der Waals surface area (Å²) in [5, 5.41) is 4.59. The molecule has 2 heterocycles. The van der Waals surface area contributed by atoms with Crippen LogP contribution in [0.15, 0.2) is 66.0 Å². The zero-order valence-electron chi connectivity index (χ0n) is 15.8. The van der Waals surface area contributed by atoms with Crippen molar-refractivity contribution in [1.82, 2.24) is 4.90 Å². The van der Waals surface area contributed by atoms with Gasteiger partial charge in [-0.2, -0.15) is 13.2 Å². The molecule has 1 aliphatic heterocycles. The van der Waals surface area contributed by atoms with Crippen molar-refractivity contribution in [3.63, 3.8) is 0 Å². The van der Waals surface area contributed by atoms with E-state index in [1.807, 2.05) is 17.5 Å². The molecule has 0 unspecified atom stereocenters. The maximum atomic E-state index is 13.3. The van der Waals surface area contributed by atoms with Crippen LogP contribution in [0.1, 0.15) is 38.3 Å². The summed E-state index contributed by atoms with van der Waals surface area (Å²) < 4.78 is 38.4. The third-order valence-corrected chi connectivity index (χ3v) is 6.12. The van der Waals surface area contributed by atoms with Gasteiger partial charge in [0.1, 0.15) is 0 Å². The van der Waals surface area contributed by atoms with Crippen molar-refractivity contribution in [2.75, 3.05) is 12.4 Å². The van der Waals surface area contributed by atoms with Crippen LogP contribution < -0.4 is 5.32 Å². The molecule has 2 atom stereocenters. The zero-order valence-corrected chi connectivity index (χ0v) is 16.6. The largest absolute Gasteiger partial charge is 0.416 e. The van der Waals surface area contributed by atoms with Crippen molar-refractivity contribution in [2.24, 2.45) is 0 Å². The molecule has 1 aromatic heterocycles. The fraction of sp³-hybridized carbons (Fsp3) is 0.182. The first-order chi connectivity index (χ1) is 14.3. The number of thiophene rings is 1. The lowest BCUT2D eigenvalue weighted by molar-refractivity contribution is -0.137. The van der Waals surface area contributed by atoms with Gasteiger partial charge in [-0.3, -0.25) is 9.59 Å². The van der Waals surface area contributed by atoms with Gasteiger partial charge in [-0.1, -0.05) is 24.3 Å². The Kier molecular flexibility index (Phi) is 5.11. The average Bonchev–Trinajstić information content (AvgIpc) is 3.24. The minimum Gasteiger partial charge on any atom is -0.333 e. The number of benzene rings is 2. The predicted molar refractivity (Wildman–Crippen MR) is 108 cm³/mol. The Hall–Kier alpha value is -3.13. The molecule has 2 amide bonds. The molecule has 1 aliphatic rings. The van der Waals surface area contributed by atoms with Gasteiger partial charge < -0.3 is 10.2 Å². The lowest BCUT2D eigenvalue weighted by Crippen LogP contribution is -2.43. The molecule has 3 aromatic rings. The molecular weight excluding hydrogens is 413 g/mol. The van der Waals surface area contributed by atoms with Crippen LogP contribution in [-0.4, -0.2) is 23.8 Å². The molecule has 0 aliphatic carbocycles. The summed E-state index contributed by atoms with van der Waals surface area (Å²) in [6.45, 7) is 0. The van der Waals surface area contributed by atoms with E-state index in [0.29, 0.717) is 11.1 Å². The van der Waals surface area contributed by atoms with Gasteiger partial charge in [-0.05, 0) is 47.3 Å². The Morgan fingerprint density at radius 3 is 2.37 bits per heavy atom. The molecule has 0 saturated heterocycles. The first kappa shape index (κ1) is 20.2. The van der Waals surface area contributed by atoms with Gasteiger partial charge in [0.15, 0.2) is 0 Å². The second-order valence-electron chi connectivity index (χ2n) is 7.01. The van der Waals surface area contributed by atoms with Crippen molar-refractivity contribution in [3.05, 3.63) is 87.6 Å². The van der Waals surface area contributed by atoms with E-state index in [-0.39, 0.29) is 17.5 Å². The van der Waals surface area contributed by atoms with Crippen LogP contribution in [0.3, 0.4) is 0 Å². The van der Waals surface area contributed by atoms with E-state index in [0.717, 1.165) is 17.0 Å². The number of carbonyl (C=O) groups excluding carboxylic acids is 2. The van der Waals surface area contributed by atoms with Crippen LogP contribution in [0.25, 0.3) is 0 Å². The van der Waals surface area contributed by atoms with Gasteiger partial charge in [-0.15, -0.1) is 11.3 Å². The normalized spacial score (nSPS) is 18.8. The molecule has 4 nitrogen and oxygen atoms in total. The van der Waals surface area contributed by atoms with Gasteiger partial charge in [0.25, 0.3) is 5.91 Å². The Morgan fingerprint density at radius 2 is 1.73 bits per heavy atom. The molecule has 0 fully saturated rings. The molecule has 0 spiro atoms. The average molecular weight is 430 g/mol. The van der Waals surface area contributed by atoms with Crippen molar-refractivity contribution in [2.45, 2.75) is 18.1 Å². The molecule has 1 N–H and O–H groups in total. The summed E-state index contributed by atoms with van der Waals surface area (Å²) in [5.41, 5.74) is 0.518. The molecule has 4 rings (SSSR count). The number of fused-ring (bicyclic) bond motifs is 1. The van der Waals surface area contributed by atoms with Crippen LogP contribution in [0.2, 0.25) is 0 Å². The third-order valence-electron chi connectivity index (χ3n) is 5.18. The number of carbonyl (C=O) groups is 2. The third kappa shape index (κ3) is 3.59. The number of halogens is 3. The monoisotopic (exact) mass is 430 g/mol. The van der Waals surface area contributed by atoms with Crippen molar-refractivity contribution in [1.29, 1.82) is 0 Å². The topological polar surface area (TPSA) is 49.4 Å². The SMILES string of the molecule is CN1C(=O)c2ccccc2[C@@H](C(=O)Nc2ccc(C(F)(F)F)cc2)[C@H]1c1cccs1. The van der Waals surface area contributed by atoms with Crippen molar-refractivity contribution < 1.29 is 22.8 Å². The summed E-state index contributed by atoms with van der Waals surface area (Å²) in [6.07, 6.45) is -4.45. The Bertz CT molecular complexity index is 1080. The van der Waals surface area contributed by atoms with E-state index in [1.54, 1.807) is 36.2 Å². The molecule has 2 aromatic carbocycles. The second-order valence-corrected chi connectivity index (χ2v) is 7.98. The summed E-state index contributed by atoms with van der Waals surface area (Å²) in [6, 6.07) is 14.4. The van der Waals surface area contributed by atoms with Crippen molar-refractivity contribution in [3.8, 4) is 0 Å². The highest BCUT2D eigenvalue weighted by molar-refractivity contribution is 7.10. The lowest BCUT2D eigenvalue weighted by atomic mass is 9.81. The van der Waals surface area contributed by atoms with E-state index in [9.17, 15) is 22.8 Å². The van der Waals surface area contributed by atoms with Gasteiger partial charge in [0, 0.05) is 23.2 Å². The Labute approximate surface area is 174 Å². The van der Waals surface area contributed by atoms with Gasteiger partial charge >= 0.3 is 6.18 Å². The van der Waals surface area contributed by atoms with E-state index >= 15 is 0 Å². The van der Waals surface area contributed by atoms with Gasteiger partial charge in [0.05, 0.1) is 17.5 Å². The molecule has 30 heavy (non-hydrogen) atoms. The fourth-order valence-electron chi connectivity index (χ4n) is 3.73. The Morgan fingerprint density at radius 1 is 1.03 bits per heavy atom. The number of likely N-dealkylation sites (N-methyl/N-ethyl adjacent to an activating group) is 1. The van der Waals surface area contributed by atoms with E-state index in [1.165, 1.54) is 23.5 Å². The van der Waals surface area contributed by atoms with Gasteiger partial charge in [0.2, 0.25) is 5.91 Å². The maximum absolute atomic E-state index is 13.3. The van der Waals surface area contributed by atoms with Crippen LogP contribution in [0, 0.1) is 0 Å². The number of nitrogens with zero attached hydrogens (tertiary/aromatic N) is 1. The summed E-state index contributed by atoms with van der Waals surface area (Å²) in [4.78, 5) is 28.6. The minimum atomic E-state index is -4.45.